The van der Waals surface area contributed by atoms with Crippen molar-refractivity contribution in [1.29, 1.82) is 0 Å². The van der Waals surface area contributed by atoms with Crippen molar-refractivity contribution in [2.75, 3.05) is 5.73 Å². The molecular formula is C12H12ClNO2. The van der Waals surface area contributed by atoms with Crippen molar-refractivity contribution in [3.8, 4) is 5.75 Å². The Bertz CT molecular complexity index is 525. The maximum Gasteiger partial charge on any atom is 0.308 e. The summed E-state index contributed by atoms with van der Waals surface area (Å²) in [6.45, 7) is 1.38. The van der Waals surface area contributed by atoms with Crippen molar-refractivity contribution in [1.82, 2.24) is 0 Å². The number of halogens is 1. The van der Waals surface area contributed by atoms with Crippen LogP contribution in [0.3, 0.4) is 0 Å². The fourth-order valence-corrected chi connectivity index (χ4v) is 1.54. The van der Waals surface area contributed by atoms with Crippen molar-refractivity contribution >= 4 is 34.8 Å². The van der Waals surface area contributed by atoms with E-state index in [2.05, 4.69) is 0 Å². The van der Waals surface area contributed by atoms with Crippen LogP contribution in [0.1, 0.15) is 6.92 Å². The molecule has 2 aromatic carbocycles. The molecule has 0 atom stereocenters. The van der Waals surface area contributed by atoms with E-state index in [1.54, 1.807) is 12.1 Å². The second-order valence-electron chi connectivity index (χ2n) is 3.29. The topological polar surface area (TPSA) is 52.3 Å². The summed E-state index contributed by atoms with van der Waals surface area (Å²) >= 11 is 0. The maximum absolute atomic E-state index is 10.9. The molecular weight excluding hydrogens is 226 g/mol. The van der Waals surface area contributed by atoms with E-state index in [0.717, 1.165) is 10.8 Å². The Labute approximate surface area is 99.6 Å². The van der Waals surface area contributed by atoms with Crippen LogP contribution in [0.5, 0.6) is 5.75 Å². The first-order chi connectivity index (χ1) is 7.18. The van der Waals surface area contributed by atoms with Gasteiger partial charge >= 0.3 is 5.97 Å². The van der Waals surface area contributed by atoms with E-state index in [1.807, 2.05) is 24.3 Å². The molecule has 2 aromatic rings. The minimum atomic E-state index is -0.329. The molecule has 0 heterocycles. The average molecular weight is 238 g/mol. The Kier molecular flexibility index (Phi) is 3.74. The molecule has 0 amide bonds. The second kappa shape index (κ2) is 4.86. The van der Waals surface area contributed by atoms with Gasteiger partial charge in [-0.15, -0.1) is 12.4 Å². The third-order valence-corrected chi connectivity index (χ3v) is 2.17. The molecule has 0 radical (unpaired) electrons. The van der Waals surface area contributed by atoms with Gasteiger partial charge < -0.3 is 10.5 Å². The highest BCUT2D eigenvalue weighted by molar-refractivity contribution is 5.97. The molecule has 0 saturated heterocycles. The van der Waals surface area contributed by atoms with Gasteiger partial charge in [-0.05, 0) is 12.1 Å². The van der Waals surface area contributed by atoms with Crippen molar-refractivity contribution in [3.05, 3.63) is 36.4 Å². The molecule has 0 aliphatic carbocycles. The number of anilines is 1. The number of carbonyl (C=O) groups is 1. The van der Waals surface area contributed by atoms with Crippen LogP contribution in [0.25, 0.3) is 10.8 Å². The van der Waals surface area contributed by atoms with Gasteiger partial charge in [-0.25, -0.2) is 0 Å². The molecule has 0 aliphatic heterocycles. The van der Waals surface area contributed by atoms with Crippen LogP contribution in [0.2, 0.25) is 0 Å². The lowest BCUT2D eigenvalue weighted by Gasteiger charge is -2.07. The summed E-state index contributed by atoms with van der Waals surface area (Å²) in [6.07, 6.45) is 0. The Hall–Kier alpha value is -1.74. The molecule has 4 heteroatoms. The van der Waals surface area contributed by atoms with Crippen LogP contribution in [0.15, 0.2) is 36.4 Å². The van der Waals surface area contributed by atoms with Crippen molar-refractivity contribution in [3.63, 3.8) is 0 Å². The van der Waals surface area contributed by atoms with Gasteiger partial charge in [0.1, 0.15) is 5.75 Å². The van der Waals surface area contributed by atoms with Gasteiger partial charge in [-0.2, -0.15) is 0 Å². The second-order valence-corrected chi connectivity index (χ2v) is 3.29. The highest BCUT2D eigenvalue weighted by Crippen LogP contribution is 2.29. The average Bonchev–Trinajstić information content (AvgIpc) is 2.22. The Morgan fingerprint density at radius 1 is 1.12 bits per heavy atom. The number of rotatable bonds is 1. The number of hydrogen-bond acceptors (Lipinski definition) is 3. The molecule has 0 aliphatic rings. The lowest BCUT2D eigenvalue weighted by Crippen LogP contribution is -2.02. The maximum atomic E-state index is 10.9. The Morgan fingerprint density at radius 2 is 1.75 bits per heavy atom. The lowest BCUT2D eigenvalue weighted by atomic mass is 10.1. The number of ether oxygens (including phenoxy) is 1. The SMILES string of the molecule is CC(=O)Oc1ccc(N)c2ccccc12.Cl. The van der Waals surface area contributed by atoms with E-state index in [0.29, 0.717) is 11.4 Å². The molecule has 84 valence electrons. The van der Waals surface area contributed by atoms with Gasteiger partial charge in [-0.1, -0.05) is 24.3 Å². The number of nitrogen functional groups attached to an aromatic ring is 1. The highest BCUT2D eigenvalue weighted by atomic mass is 35.5. The van der Waals surface area contributed by atoms with Crippen LogP contribution < -0.4 is 10.5 Å². The predicted octanol–water partition coefficient (Wildman–Crippen LogP) is 2.77. The van der Waals surface area contributed by atoms with Crippen LogP contribution >= 0.6 is 12.4 Å². The summed E-state index contributed by atoms with van der Waals surface area (Å²) in [5.41, 5.74) is 6.50. The van der Waals surface area contributed by atoms with Gasteiger partial charge in [0, 0.05) is 23.4 Å². The summed E-state index contributed by atoms with van der Waals surface area (Å²) in [4.78, 5) is 10.9. The number of carbonyl (C=O) groups excluding carboxylic acids is 1. The first-order valence-electron chi connectivity index (χ1n) is 4.64. The van der Waals surface area contributed by atoms with Gasteiger partial charge in [0.25, 0.3) is 0 Å². The van der Waals surface area contributed by atoms with Gasteiger partial charge in [-0.3, -0.25) is 4.79 Å². The van der Waals surface area contributed by atoms with E-state index < -0.39 is 0 Å². The summed E-state index contributed by atoms with van der Waals surface area (Å²) < 4.78 is 5.09. The summed E-state index contributed by atoms with van der Waals surface area (Å²) in [6, 6.07) is 11.0. The third-order valence-electron chi connectivity index (χ3n) is 2.17. The van der Waals surface area contributed by atoms with Crippen molar-refractivity contribution < 1.29 is 9.53 Å². The van der Waals surface area contributed by atoms with E-state index in [4.69, 9.17) is 10.5 Å². The highest BCUT2D eigenvalue weighted by Gasteiger charge is 2.05. The fraction of sp³-hybridized carbons (Fsp3) is 0.0833. The molecule has 2 N–H and O–H groups in total. The molecule has 0 bridgehead atoms. The molecule has 16 heavy (non-hydrogen) atoms. The zero-order chi connectivity index (χ0) is 10.8. The fourth-order valence-electron chi connectivity index (χ4n) is 1.54. The van der Waals surface area contributed by atoms with Crippen LogP contribution in [0.4, 0.5) is 5.69 Å². The van der Waals surface area contributed by atoms with E-state index in [1.165, 1.54) is 6.92 Å². The first kappa shape index (κ1) is 12.3. The molecule has 2 rings (SSSR count). The van der Waals surface area contributed by atoms with Crippen LogP contribution in [-0.4, -0.2) is 5.97 Å². The smallest absolute Gasteiger partial charge is 0.308 e. The number of nitrogens with two attached hydrogens (primary N) is 1. The summed E-state index contributed by atoms with van der Waals surface area (Å²) in [5.74, 6) is 0.220. The van der Waals surface area contributed by atoms with E-state index >= 15 is 0 Å². The summed E-state index contributed by atoms with van der Waals surface area (Å²) in [7, 11) is 0. The van der Waals surface area contributed by atoms with Crippen LogP contribution in [-0.2, 0) is 4.79 Å². The molecule has 0 aromatic heterocycles. The quantitative estimate of drug-likeness (QED) is 0.471. The first-order valence-corrected chi connectivity index (χ1v) is 4.64. The third kappa shape index (κ3) is 2.25. The number of esters is 1. The Balaban J connectivity index is 0.00000128. The normalized spacial score (nSPS) is 9.56. The van der Waals surface area contributed by atoms with E-state index in [9.17, 15) is 4.79 Å². The minimum absolute atomic E-state index is 0. The number of fused-ring (bicyclic) bond motifs is 1. The largest absolute Gasteiger partial charge is 0.426 e. The zero-order valence-corrected chi connectivity index (χ0v) is 9.58. The zero-order valence-electron chi connectivity index (χ0n) is 8.77. The van der Waals surface area contributed by atoms with Crippen molar-refractivity contribution in [2.24, 2.45) is 0 Å². The molecule has 0 unspecified atom stereocenters. The van der Waals surface area contributed by atoms with Crippen LogP contribution in [0, 0.1) is 0 Å². The summed E-state index contributed by atoms with van der Waals surface area (Å²) in [5, 5.41) is 1.75. The van der Waals surface area contributed by atoms with E-state index in [-0.39, 0.29) is 18.4 Å². The van der Waals surface area contributed by atoms with Gasteiger partial charge in [0.2, 0.25) is 0 Å². The molecule has 0 fully saturated rings. The molecule has 3 nitrogen and oxygen atoms in total. The van der Waals surface area contributed by atoms with Gasteiger partial charge in [0.15, 0.2) is 0 Å². The monoisotopic (exact) mass is 237 g/mol. The van der Waals surface area contributed by atoms with Crippen molar-refractivity contribution in [2.45, 2.75) is 6.92 Å². The Morgan fingerprint density at radius 3 is 2.38 bits per heavy atom. The molecule has 0 saturated carbocycles. The predicted molar refractivity (Wildman–Crippen MR) is 66.9 cm³/mol. The lowest BCUT2D eigenvalue weighted by molar-refractivity contribution is -0.131. The standard InChI is InChI=1S/C12H11NO2.ClH/c1-8(14)15-12-7-6-11(13)9-4-2-3-5-10(9)12;/h2-7H,13H2,1H3;1H. The van der Waals surface area contributed by atoms with Gasteiger partial charge in [0.05, 0.1) is 0 Å². The molecule has 0 spiro atoms. The minimum Gasteiger partial charge on any atom is -0.426 e. The number of benzene rings is 2. The number of hydrogen-bond donors (Lipinski definition) is 1.